The zero-order valence-electron chi connectivity index (χ0n) is 11.2. The molecule has 0 amide bonds. The van der Waals surface area contributed by atoms with Gasteiger partial charge < -0.3 is 8.92 Å². The van der Waals surface area contributed by atoms with Gasteiger partial charge in [-0.05, 0) is 24.3 Å². The quantitative estimate of drug-likeness (QED) is 0.475. The van der Waals surface area contributed by atoms with Crippen LogP contribution in [0.2, 0.25) is 0 Å². The third-order valence-electron chi connectivity index (χ3n) is 2.67. The van der Waals surface area contributed by atoms with Crippen LogP contribution in [0.1, 0.15) is 0 Å². The van der Waals surface area contributed by atoms with E-state index in [0.29, 0.717) is 12.1 Å². The third kappa shape index (κ3) is 3.14. The molecule has 2 aromatic rings. The standard InChI is InChI=1S/C13H10FNO6S/c1-20-12-4-2-3-5-13(12)21-22(18,19)9-6-7-10(14)11(8-9)15(16)17/h2-8H,1H3. The van der Waals surface area contributed by atoms with E-state index in [1.807, 2.05) is 0 Å². The fourth-order valence-corrected chi connectivity index (χ4v) is 2.60. The molecule has 0 fully saturated rings. The number of methoxy groups -OCH3 is 1. The molecule has 0 saturated carbocycles. The maximum Gasteiger partial charge on any atom is 0.339 e. The first-order chi connectivity index (χ1) is 10.3. The minimum atomic E-state index is -4.37. The zero-order chi connectivity index (χ0) is 16.3. The number of hydrogen-bond donors (Lipinski definition) is 0. The predicted molar refractivity (Wildman–Crippen MR) is 73.9 cm³/mol. The van der Waals surface area contributed by atoms with E-state index in [1.165, 1.54) is 25.3 Å². The van der Waals surface area contributed by atoms with Crippen LogP contribution < -0.4 is 8.92 Å². The van der Waals surface area contributed by atoms with Crippen LogP contribution in [0.25, 0.3) is 0 Å². The van der Waals surface area contributed by atoms with Crippen LogP contribution in [-0.4, -0.2) is 20.5 Å². The summed E-state index contributed by atoms with van der Waals surface area (Å²) in [5.74, 6) is -1.05. The van der Waals surface area contributed by atoms with Crippen LogP contribution in [0.4, 0.5) is 10.1 Å². The van der Waals surface area contributed by atoms with E-state index in [0.717, 1.165) is 6.07 Å². The highest BCUT2D eigenvalue weighted by Crippen LogP contribution is 2.30. The Balaban J connectivity index is 2.43. The summed E-state index contributed by atoms with van der Waals surface area (Å²) in [4.78, 5) is 9.12. The molecule has 0 heterocycles. The van der Waals surface area contributed by atoms with E-state index in [2.05, 4.69) is 0 Å². The van der Waals surface area contributed by atoms with E-state index < -0.39 is 31.4 Å². The second-order valence-corrected chi connectivity index (χ2v) is 5.60. The molecular formula is C13H10FNO6S. The monoisotopic (exact) mass is 327 g/mol. The van der Waals surface area contributed by atoms with Crippen molar-refractivity contribution in [3.8, 4) is 11.5 Å². The number of halogens is 1. The summed E-state index contributed by atoms with van der Waals surface area (Å²) in [6.45, 7) is 0. The zero-order valence-corrected chi connectivity index (χ0v) is 12.0. The lowest BCUT2D eigenvalue weighted by molar-refractivity contribution is -0.387. The largest absolute Gasteiger partial charge is 0.493 e. The third-order valence-corrected chi connectivity index (χ3v) is 3.90. The summed E-state index contributed by atoms with van der Waals surface area (Å²) < 4.78 is 47.4. The predicted octanol–water partition coefficient (Wildman–Crippen LogP) is 2.51. The summed E-state index contributed by atoms with van der Waals surface area (Å²) in [7, 11) is -3.04. The van der Waals surface area contributed by atoms with Crippen molar-refractivity contribution in [2.24, 2.45) is 0 Å². The number of rotatable bonds is 5. The molecule has 2 aromatic carbocycles. The molecule has 0 atom stereocenters. The van der Waals surface area contributed by atoms with Gasteiger partial charge in [-0.1, -0.05) is 12.1 Å². The molecule has 116 valence electrons. The van der Waals surface area contributed by atoms with Gasteiger partial charge in [0.25, 0.3) is 0 Å². The normalized spacial score (nSPS) is 11.0. The van der Waals surface area contributed by atoms with E-state index in [1.54, 1.807) is 6.07 Å². The minimum Gasteiger partial charge on any atom is -0.493 e. The highest BCUT2D eigenvalue weighted by Gasteiger charge is 2.24. The molecule has 0 aliphatic rings. The minimum absolute atomic E-state index is 0.0861. The lowest BCUT2D eigenvalue weighted by atomic mass is 10.3. The van der Waals surface area contributed by atoms with Gasteiger partial charge in [0.05, 0.1) is 12.0 Å². The van der Waals surface area contributed by atoms with Gasteiger partial charge in [-0.2, -0.15) is 12.8 Å². The van der Waals surface area contributed by atoms with E-state index >= 15 is 0 Å². The molecule has 0 aliphatic heterocycles. The molecule has 0 spiro atoms. The summed E-state index contributed by atoms with van der Waals surface area (Å²) in [6, 6.07) is 8.15. The molecule has 0 unspecified atom stereocenters. The first-order valence-electron chi connectivity index (χ1n) is 5.86. The first kappa shape index (κ1) is 15.7. The fraction of sp³-hybridized carbons (Fsp3) is 0.0769. The van der Waals surface area contributed by atoms with Crippen molar-refractivity contribution < 1.29 is 26.7 Å². The molecule has 7 nitrogen and oxygen atoms in total. The molecule has 0 saturated heterocycles. The van der Waals surface area contributed by atoms with Gasteiger partial charge in [0.15, 0.2) is 11.5 Å². The molecule has 0 N–H and O–H groups in total. The van der Waals surface area contributed by atoms with E-state index in [4.69, 9.17) is 8.92 Å². The van der Waals surface area contributed by atoms with Crippen LogP contribution in [0, 0.1) is 15.9 Å². The molecule has 0 bridgehead atoms. The Bertz CT molecular complexity index is 821. The lowest BCUT2D eigenvalue weighted by Gasteiger charge is -2.10. The molecule has 2 rings (SSSR count). The first-order valence-corrected chi connectivity index (χ1v) is 7.27. The Morgan fingerprint density at radius 2 is 1.77 bits per heavy atom. The van der Waals surface area contributed by atoms with Gasteiger partial charge in [0, 0.05) is 6.07 Å². The molecule has 0 aliphatic carbocycles. The van der Waals surface area contributed by atoms with Gasteiger partial charge in [-0.3, -0.25) is 10.1 Å². The molecular weight excluding hydrogens is 317 g/mol. The van der Waals surface area contributed by atoms with Gasteiger partial charge in [-0.25, -0.2) is 0 Å². The molecule has 22 heavy (non-hydrogen) atoms. The molecule has 9 heteroatoms. The molecule has 0 aromatic heterocycles. The van der Waals surface area contributed by atoms with Crippen LogP contribution in [0.3, 0.4) is 0 Å². The summed E-state index contributed by atoms with van der Waals surface area (Å²) in [5, 5.41) is 10.7. The SMILES string of the molecule is COc1ccccc1OS(=O)(=O)c1ccc(F)c([N+](=O)[O-])c1. The highest BCUT2D eigenvalue weighted by molar-refractivity contribution is 7.87. The average molecular weight is 327 g/mol. The number of nitro groups is 1. The number of nitrogens with zero attached hydrogens (tertiary/aromatic N) is 1. The number of para-hydroxylation sites is 2. The Morgan fingerprint density at radius 3 is 2.36 bits per heavy atom. The van der Waals surface area contributed by atoms with Gasteiger partial charge in [0.2, 0.25) is 5.82 Å². The van der Waals surface area contributed by atoms with Crippen molar-refractivity contribution in [3.05, 3.63) is 58.4 Å². The van der Waals surface area contributed by atoms with Crippen molar-refractivity contribution in [1.29, 1.82) is 0 Å². The maximum absolute atomic E-state index is 13.3. The van der Waals surface area contributed by atoms with Crippen LogP contribution in [-0.2, 0) is 10.1 Å². The van der Waals surface area contributed by atoms with Crippen molar-refractivity contribution in [3.63, 3.8) is 0 Å². The summed E-state index contributed by atoms with van der Waals surface area (Å²) >= 11 is 0. The number of hydrogen-bond acceptors (Lipinski definition) is 6. The number of nitro benzene ring substituents is 1. The van der Waals surface area contributed by atoms with Crippen molar-refractivity contribution in [2.75, 3.05) is 7.11 Å². The smallest absolute Gasteiger partial charge is 0.339 e. The Hall–Kier alpha value is -2.68. The Morgan fingerprint density at radius 1 is 1.14 bits per heavy atom. The van der Waals surface area contributed by atoms with Crippen molar-refractivity contribution in [2.45, 2.75) is 4.90 Å². The van der Waals surface area contributed by atoms with Gasteiger partial charge in [0.1, 0.15) is 4.90 Å². The Labute approximate surface area is 125 Å². The Kier molecular flexibility index (Phi) is 4.27. The second kappa shape index (κ2) is 5.98. The highest BCUT2D eigenvalue weighted by atomic mass is 32.2. The topological polar surface area (TPSA) is 95.7 Å². The van der Waals surface area contributed by atoms with Gasteiger partial charge in [-0.15, -0.1) is 0 Å². The van der Waals surface area contributed by atoms with Crippen LogP contribution in [0.5, 0.6) is 11.5 Å². The second-order valence-electron chi connectivity index (χ2n) is 4.06. The van der Waals surface area contributed by atoms with E-state index in [-0.39, 0.29) is 11.5 Å². The average Bonchev–Trinajstić information content (AvgIpc) is 2.47. The van der Waals surface area contributed by atoms with Crippen molar-refractivity contribution in [1.82, 2.24) is 0 Å². The molecule has 0 radical (unpaired) electrons. The summed E-state index contributed by atoms with van der Waals surface area (Å²) in [6.07, 6.45) is 0. The summed E-state index contributed by atoms with van der Waals surface area (Å²) in [5.41, 5.74) is -0.954. The maximum atomic E-state index is 13.3. The van der Waals surface area contributed by atoms with Crippen LogP contribution in [0.15, 0.2) is 47.4 Å². The van der Waals surface area contributed by atoms with Crippen LogP contribution >= 0.6 is 0 Å². The number of benzene rings is 2. The number of ether oxygens (including phenoxy) is 1. The fourth-order valence-electron chi connectivity index (χ4n) is 1.64. The van der Waals surface area contributed by atoms with E-state index in [9.17, 15) is 22.9 Å². The lowest BCUT2D eigenvalue weighted by Crippen LogP contribution is -2.11. The van der Waals surface area contributed by atoms with Crippen molar-refractivity contribution >= 4 is 15.8 Å². The van der Waals surface area contributed by atoms with Gasteiger partial charge >= 0.3 is 15.8 Å².